The van der Waals surface area contributed by atoms with Crippen LogP contribution in [0.1, 0.15) is 22.9 Å². The van der Waals surface area contributed by atoms with Crippen molar-refractivity contribution in [2.24, 2.45) is 0 Å². The van der Waals surface area contributed by atoms with Crippen LogP contribution >= 0.6 is 0 Å². The van der Waals surface area contributed by atoms with Crippen LogP contribution in [0.15, 0.2) is 100 Å². The van der Waals surface area contributed by atoms with Gasteiger partial charge in [0.25, 0.3) is 0 Å². The Morgan fingerprint density at radius 1 is 0.812 bits per heavy atom. The molecule has 4 aromatic rings. The maximum atomic E-state index is 13.1. The van der Waals surface area contributed by atoms with Gasteiger partial charge in [-0.15, -0.1) is 5.10 Å². The largest absolute Gasteiger partial charge is 0.408 e. The number of amides is 1. The van der Waals surface area contributed by atoms with E-state index in [0.717, 1.165) is 11.1 Å². The molecule has 7 nitrogen and oxygen atoms in total. The summed E-state index contributed by atoms with van der Waals surface area (Å²) in [6.45, 7) is 0. The maximum Gasteiger partial charge on any atom is 0.322 e. The summed E-state index contributed by atoms with van der Waals surface area (Å²) in [6.07, 6.45) is 0.0426. The molecule has 0 saturated heterocycles. The number of carbonyl (C=O) groups is 1. The molecule has 1 N–H and O–H groups in total. The fourth-order valence-electron chi connectivity index (χ4n) is 3.34. The first kappa shape index (κ1) is 21.5. The Labute approximate surface area is 186 Å². The highest BCUT2D eigenvalue weighted by Gasteiger charge is 2.24. The SMILES string of the molecule is O=C(Nc1nnc(CCS(=O)(=O)c2ccccc2)o1)C(c1ccccc1)c1ccccc1. The fraction of sp³-hybridized carbons (Fsp3) is 0.125. The van der Waals surface area contributed by atoms with Crippen LogP contribution in [0.2, 0.25) is 0 Å². The van der Waals surface area contributed by atoms with E-state index in [2.05, 4.69) is 15.5 Å². The zero-order valence-corrected chi connectivity index (χ0v) is 17.9. The first-order valence-corrected chi connectivity index (χ1v) is 11.7. The van der Waals surface area contributed by atoms with Gasteiger partial charge < -0.3 is 4.42 Å². The highest BCUT2D eigenvalue weighted by Crippen LogP contribution is 2.26. The lowest BCUT2D eigenvalue weighted by molar-refractivity contribution is -0.116. The molecule has 3 aromatic carbocycles. The number of nitrogens with one attached hydrogen (secondary N) is 1. The molecular formula is C24H21N3O4S. The topological polar surface area (TPSA) is 102 Å². The number of aryl methyl sites for hydroxylation is 1. The smallest absolute Gasteiger partial charge is 0.322 e. The normalized spacial score (nSPS) is 11.4. The molecule has 8 heteroatoms. The van der Waals surface area contributed by atoms with Crippen molar-refractivity contribution in [3.05, 3.63) is 108 Å². The summed E-state index contributed by atoms with van der Waals surface area (Å²) in [5, 5.41) is 10.4. The van der Waals surface area contributed by atoms with E-state index < -0.39 is 15.8 Å². The summed E-state index contributed by atoms with van der Waals surface area (Å²) in [7, 11) is -3.47. The van der Waals surface area contributed by atoms with Crippen LogP contribution in [0.25, 0.3) is 0 Å². The highest BCUT2D eigenvalue weighted by atomic mass is 32.2. The average Bonchev–Trinajstić information content (AvgIpc) is 3.27. The van der Waals surface area contributed by atoms with Crippen LogP contribution in [0.5, 0.6) is 0 Å². The second-order valence-corrected chi connectivity index (χ2v) is 9.24. The van der Waals surface area contributed by atoms with Crippen molar-refractivity contribution in [1.82, 2.24) is 10.2 Å². The van der Waals surface area contributed by atoms with Crippen LogP contribution in [-0.4, -0.2) is 30.3 Å². The number of carbonyl (C=O) groups excluding carboxylic acids is 1. The molecule has 0 fully saturated rings. The predicted molar refractivity (Wildman–Crippen MR) is 120 cm³/mol. The number of rotatable bonds is 8. The summed E-state index contributed by atoms with van der Waals surface area (Å²) < 4.78 is 30.4. The van der Waals surface area contributed by atoms with Gasteiger partial charge >= 0.3 is 6.01 Å². The monoisotopic (exact) mass is 447 g/mol. The molecular weight excluding hydrogens is 426 g/mol. The lowest BCUT2D eigenvalue weighted by Crippen LogP contribution is -2.22. The number of hydrogen-bond donors (Lipinski definition) is 1. The molecule has 0 saturated carbocycles. The quantitative estimate of drug-likeness (QED) is 0.440. The molecule has 162 valence electrons. The summed E-state index contributed by atoms with van der Waals surface area (Å²) >= 11 is 0. The predicted octanol–water partition coefficient (Wildman–Crippen LogP) is 3.86. The Balaban J connectivity index is 1.47. The van der Waals surface area contributed by atoms with E-state index in [1.165, 1.54) is 0 Å². The van der Waals surface area contributed by atoms with Gasteiger partial charge in [0.1, 0.15) is 0 Å². The third kappa shape index (κ3) is 5.09. The van der Waals surface area contributed by atoms with Crippen molar-refractivity contribution >= 4 is 21.8 Å². The lowest BCUT2D eigenvalue weighted by Gasteiger charge is -2.16. The van der Waals surface area contributed by atoms with Gasteiger partial charge in [-0.25, -0.2) is 8.42 Å². The Bertz CT molecular complexity index is 1240. The molecule has 0 bridgehead atoms. The third-order valence-electron chi connectivity index (χ3n) is 4.91. The maximum absolute atomic E-state index is 13.1. The number of anilines is 1. The van der Waals surface area contributed by atoms with Crippen molar-refractivity contribution in [3.63, 3.8) is 0 Å². The van der Waals surface area contributed by atoms with Crippen LogP contribution in [0.3, 0.4) is 0 Å². The van der Waals surface area contributed by atoms with Gasteiger partial charge in [-0.05, 0) is 23.3 Å². The van der Waals surface area contributed by atoms with Crippen LogP contribution in [0.4, 0.5) is 6.01 Å². The second kappa shape index (κ2) is 9.57. The Hall–Kier alpha value is -3.78. The van der Waals surface area contributed by atoms with Crippen LogP contribution in [0, 0.1) is 0 Å². The van der Waals surface area contributed by atoms with Gasteiger partial charge in [0, 0.05) is 6.42 Å². The van der Waals surface area contributed by atoms with Gasteiger partial charge in [-0.3, -0.25) is 10.1 Å². The molecule has 1 aromatic heterocycles. The van der Waals surface area contributed by atoms with E-state index in [0.29, 0.717) is 0 Å². The summed E-state index contributed by atoms with van der Waals surface area (Å²) in [5.74, 6) is -0.931. The first-order chi connectivity index (χ1) is 15.5. The number of sulfone groups is 1. The van der Waals surface area contributed by atoms with E-state index in [1.54, 1.807) is 30.3 Å². The van der Waals surface area contributed by atoms with Crippen molar-refractivity contribution in [2.45, 2.75) is 17.2 Å². The molecule has 0 aliphatic heterocycles. The molecule has 4 rings (SSSR count). The zero-order valence-electron chi connectivity index (χ0n) is 17.1. The minimum absolute atomic E-state index is 0.0426. The number of hydrogen-bond acceptors (Lipinski definition) is 6. The van der Waals surface area contributed by atoms with E-state index in [9.17, 15) is 13.2 Å². The van der Waals surface area contributed by atoms with Gasteiger partial charge in [-0.1, -0.05) is 84.0 Å². The second-order valence-electron chi connectivity index (χ2n) is 7.13. The molecule has 0 atom stereocenters. The molecule has 0 spiro atoms. The molecule has 0 radical (unpaired) electrons. The fourth-order valence-corrected chi connectivity index (χ4v) is 4.59. The van der Waals surface area contributed by atoms with Crippen LogP contribution in [-0.2, 0) is 21.1 Å². The van der Waals surface area contributed by atoms with Crippen molar-refractivity contribution in [1.29, 1.82) is 0 Å². The van der Waals surface area contributed by atoms with Crippen molar-refractivity contribution < 1.29 is 17.6 Å². The molecule has 0 unspecified atom stereocenters. The van der Waals surface area contributed by atoms with Gasteiger partial charge in [0.15, 0.2) is 9.84 Å². The number of benzene rings is 3. The summed E-state index contributed by atoms with van der Waals surface area (Å²) in [4.78, 5) is 13.3. The third-order valence-corrected chi connectivity index (χ3v) is 6.64. The van der Waals surface area contributed by atoms with Crippen LogP contribution < -0.4 is 5.32 Å². The first-order valence-electron chi connectivity index (χ1n) is 10.0. The average molecular weight is 448 g/mol. The van der Waals surface area contributed by atoms with Crippen molar-refractivity contribution in [2.75, 3.05) is 11.1 Å². The van der Waals surface area contributed by atoms with E-state index >= 15 is 0 Å². The van der Waals surface area contributed by atoms with Gasteiger partial charge in [0.2, 0.25) is 11.8 Å². The standard InChI is InChI=1S/C24H21N3O4S/c28-23(22(18-10-4-1-5-11-18)19-12-6-2-7-13-19)25-24-27-26-21(31-24)16-17-32(29,30)20-14-8-3-9-15-20/h1-15,22H,16-17H2,(H,25,27,28). The van der Waals surface area contributed by atoms with E-state index in [4.69, 9.17) is 4.42 Å². The van der Waals surface area contributed by atoms with Gasteiger partial charge in [0.05, 0.1) is 16.6 Å². The number of aromatic nitrogens is 2. The Kier molecular flexibility index (Phi) is 6.42. The minimum Gasteiger partial charge on any atom is -0.408 e. The lowest BCUT2D eigenvalue weighted by atomic mass is 9.90. The summed E-state index contributed by atoms with van der Waals surface area (Å²) in [6, 6.07) is 26.9. The Morgan fingerprint density at radius 3 is 1.91 bits per heavy atom. The number of nitrogens with zero attached hydrogens (tertiary/aromatic N) is 2. The van der Waals surface area contributed by atoms with Gasteiger partial charge in [-0.2, -0.15) is 0 Å². The molecule has 0 aliphatic rings. The Morgan fingerprint density at radius 2 is 1.34 bits per heavy atom. The summed E-state index contributed by atoms with van der Waals surface area (Å²) in [5.41, 5.74) is 1.65. The minimum atomic E-state index is -3.47. The highest BCUT2D eigenvalue weighted by molar-refractivity contribution is 7.91. The molecule has 0 aliphatic carbocycles. The van der Waals surface area contributed by atoms with Crippen molar-refractivity contribution in [3.8, 4) is 0 Å². The molecule has 1 heterocycles. The van der Waals surface area contributed by atoms with E-state index in [-0.39, 0.29) is 34.9 Å². The molecule has 1 amide bonds. The zero-order chi connectivity index (χ0) is 22.4. The van der Waals surface area contributed by atoms with E-state index in [1.807, 2.05) is 60.7 Å². The molecule has 32 heavy (non-hydrogen) atoms.